The average molecular weight is 355 g/mol. The number of rotatable bonds is 4. The zero-order valence-corrected chi connectivity index (χ0v) is 15.0. The first-order valence-electron chi connectivity index (χ1n) is 8.31. The van der Waals surface area contributed by atoms with E-state index in [0.717, 1.165) is 0 Å². The summed E-state index contributed by atoms with van der Waals surface area (Å²) in [5.41, 5.74) is 1.70. The number of nitriles is 1. The molecule has 1 atom stereocenters. The van der Waals surface area contributed by atoms with Crippen molar-refractivity contribution in [3.8, 4) is 6.07 Å². The highest BCUT2D eigenvalue weighted by Crippen LogP contribution is 2.24. The average Bonchev–Trinajstić information content (AvgIpc) is 2.68. The topological polar surface area (TPSA) is 64.4 Å². The fraction of sp³-hybridized carbons (Fsp3) is 0.316. The van der Waals surface area contributed by atoms with Crippen LogP contribution >= 0.6 is 0 Å². The molecule has 0 saturated carbocycles. The summed E-state index contributed by atoms with van der Waals surface area (Å²) < 4.78 is 27.0. The third kappa shape index (κ3) is 3.74. The van der Waals surface area contributed by atoms with Crippen molar-refractivity contribution in [2.45, 2.75) is 17.9 Å². The number of piperazine rings is 1. The quantitative estimate of drug-likeness (QED) is 0.846. The third-order valence-electron chi connectivity index (χ3n) is 4.72. The first-order chi connectivity index (χ1) is 12.0. The van der Waals surface area contributed by atoms with Gasteiger partial charge in [-0.2, -0.15) is 9.57 Å². The predicted molar refractivity (Wildman–Crippen MR) is 96.3 cm³/mol. The number of sulfonamides is 1. The Labute approximate surface area is 149 Å². The second-order valence-corrected chi connectivity index (χ2v) is 8.10. The van der Waals surface area contributed by atoms with E-state index in [4.69, 9.17) is 5.26 Å². The van der Waals surface area contributed by atoms with Gasteiger partial charge in [0.1, 0.15) is 0 Å². The zero-order chi connectivity index (χ0) is 17.9. The van der Waals surface area contributed by atoms with E-state index in [0.29, 0.717) is 31.7 Å². The smallest absolute Gasteiger partial charge is 0.243 e. The van der Waals surface area contributed by atoms with Gasteiger partial charge in [-0.25, -0.2) is 8.42 Å². The first kappa shape index (κ1) is 17.6. The van der Waals surface area contributed by atoms with Gasteiger partial charge < -0.3 is 0 Å². The van der Waals surface area contributed by atoms with Crippen molar-refractivity contribution in [2.75, 3.05) is 26.2 Å². The van der Waals surface area contributed by atoms with E-state index in [9.17, 15) is 8.42 Å². The molecule has 0 radical (unpaired) electrons. The van der Waals surface area contributed by atoms with E-state index in [1.165, 1.54) is 22.0 Å². The molecular weight excluding hydrogens is 334 g/mol. The monoisotopic (exact) mass is 355 g/mol. The van der Waals surface area contributed by atoms with Crippen molar-refractivity contribution in [1.29, 1.82) is 5.26 Å². The molecule has 25 heavy (non-hydrogen) atoms. The van der Waals surface area contributed by atoms with Crippen LogP contribution in [0.15, 0.2) is 59.5 Å². The van der Waals surface area contributed by atoms with Gasteiger partial charge in [0.2, 0.25) is 10.0 Å². The largest absolute Gasteiger partial charge is 0.294 e. The van der Waals surface area contributed by atoms with E-state index in [1.54, 1.807) is 12.1 Å². The fourth-order valence-corrected chi connectivity index (χ4v) is 4.55. The van der Waals surface area contributed by atoms with E-state index in [-0.39, 0.29) is 10.9 Å². The van der Waals surface area contributed by atoms with Crippen LogP contribution in [-0.4, -0.2) is 43.8 Å². The van der Waals surface area contributed by atoms with Crippen molar-refractivity contribution in [2.24, 2.45) is 0 Å². The second-order valence-electron chi connectivity index (χ2n) is 6.16. The van der Waals surface area contributed by atoms with E-state index in [2.05, 4.69) is 24.0 Å². The molecule has 1 aliphatic rings. The highest BCUT2D eigenvalue weighted by Gasteiger charge is 2.30. The van der Waals surface area contributed by atoms with Crippen LogP contribution in [-0.2, 0) is 10.0 Å². The molecule has 0 N–H and O–H groups in total. The van der Waals surface area contributed by atoms with Crippen molar-refractivity contribution in [3.63, 3.8) is 0 Å². The Hall–Kier alpha value is -2.20. The molecule has 130 valence electrons. The summed E-state index contributed by atoms with van der Waals surface area (Å²) in [7, 11) is -3.50. The Morgan fingerprint density at radius 2 is 1.56 bits per heavy atom. The maximum Gasteiger partial charge on any atom is 0.243 e. The lowest BCUT2D eigenvalue weighted by Crippen LogP contribution is -2.49. The normalized spacial score (nSPS) is 17.8. The number of benzene rings is 2. The molecule has 0 amide bonds. The third-order valence-corrected chi connectivity index (χ3v) is 6.64. The highest BCUT2D eigenvalue weighted by atomic mass is 32.2. The van der Waals surface area contributed by atoms with Crippen LogP contribution in [0.25, 0.3) is 0 Å². The van der Waals surface area contributed by atoms with Gasteiger partial charge in [-0.1, -0.05) is 30.3 Å². The lowest BCUT2D eigenvalue weighted by Gasteiger charge is -2.37. The van der Waals surface area contributed by atoms with Gasteiger partial charge in [-0.15, -0.1) is 0 Å². The molecule has 1 aliphatic heterocycles. The SMILES string of the molecule is CC(c1ccccc1)N1CCN(S(=O)(=O)c2ccc(C#N)cc2)CC1. The molecule has 0 spiro atoms. The molecule has 6 heteroatoms. The van der Waals surface area contributed by atoms with Crippen LogP contribution in [0.3, 0.4) is 0 Å². The van der Waals surface area contributed by atoms with Crippen LogP contribution in [0.4, 0.5) is 0 Å². The van der Waals surface area contributed by atoms with E-state index < -0.39 is 10.0 Å². The Morgan fingerprint density at radius 1 is 0.960 bits per heavy atom. The standard InChI is InChI=1S/C19H21N3O2S/c1-16(18-5-3-2-4-6-18)21-11-13-22(14-12-21)25(23,24)19-9-7-17(15-20)8-10-19/h2-10,16H,11-14H2,1H3. The van der Waals surface area contributed by atoms with Crippen LogP contribution < -0.4 is 0 Å². The predicted octanol–water partition coefficient (Wildman–Crippen LogP) is 2.63. The summed E-state index contributed by atoms with van der Waals surface area (Å²) >= 11 is 0. The second kappa shape index (κ2) is 7.36. The van der Waals surface area contributed by atoms with Crippen LogP contribution in [0, 0.1) is 11.3 Å². The van der Waals surface area contributed by atoms with Crippen LogP contribution in [0.2, 0.25) is 0 Å². The molecule has 1 heterocycles. The summed E-state index contributed by atoms with van der Waals surface area (Å²) in [5.74, 6) is 0. The van der Waals surface area contributed by atoms with Gasteiger partial charge in [-0.3, -0.25) is 4.90 Å². The Kier molecular flexibility index (Phi) is 5.19. The minimum Gasteiger partial charge on any atom is -0.294 e. The lowest BCUT2D eigenvalue weighted by molar-refractivity contribution is 0.146. The minimum absolute atomic E-state index is 0.246. The Morgan fingerprint density at radius 3 is 2.12 bits per heavy atom. The molecule has 0 aromatic heterocycles. The Bertz CT molecular complexity index is 850. The summed E-state index contributed by atoms with van der Waals surface area (Å²) in [4.78, 5) is 2.55. The van der Waals surface area contributed by atoms with Gasteiger partial charge >= 0.3 is 0 Å². The van der Waals surface area contributed by atoms with Crippen LogP contribution in [0.5, 0.6) is 0 Å². The molecule has 0 aliphatic carbocycles. The van der Waals surface area contributed by atoms with Crippen molar-refractivity contribution >= 4 is 10.0 Å². The molecule has 1 unspecified atom stereocenters. The Balaban J connectivity index is 1.68. The molecule has 1 saturated heterocycles. The molecule has 2 aromatic carbocycles. The molecule has 5 nitrogen and oxygen atoms in total. The van der Waals surface area contributed by atoms with Gasteiger partial charge in [0, 0.05) is 32.2 Å². The molecule has 2 aromatic rings. The number of hydrogen-bond acceptors (Lipinski definition) is 4. The molecule has 1 fully saturated rings. The summed E-state index contributed by atoms with van der Waals surface area (Å²) in [6.45, 7) is 4.50. The first-order valence-corrected chi connectivity index (χ1v) is 9.75. The maximum atomic E-state index is 12.8. The molecule has 3 rings (SSSR count). The minimum atomic E-state index is -3.50. The number of nitrogens with zero attached hydrogens (tertiary/aromatic N) is 3. The van der Waals surface area contributed by atoms with Gasteiger partial charge in [0.05, 0.1) is 16.5 Å². The highest BCUT2D eigenvalue weighted by molar-refractivity contribution is 7.89. The summed E-state index contributed by atoms with van der Waals surface area (Å²) in [5, 5.41) is 8.84. The fourth-order valence-electron chi connectivity index (χ4n) is 3.12. The summed E-state index contributed by atoms with van der Waals surface area (Å²) in [6.07, 6.45) is 0. The summed E-state index contributed by atoms with van der Waals surface area (Å²) in [6, 6.07) is 18.6. The molecular formula is C19H21N3O2S. The maximum absolute atomic E-state index is 12.8. The number of hydrogen-bond donors (Lipinski definition) is 0. The van der Waals surface area contributed by atoms with Crippen LogP contribution in [0.1, 0.15) is 24.1 Å². The van der Waals surface area contributed by atoms with E-state index >= 15 is 0 Å². The molecule has 0 bridgehead atoms. The van der Waals surface area contributed by atoms with Gasteiger partial charge in [-0.05, 0) is 36.8 Å². The van der Waals surface area contributed by atoms with E-state index in [1.807, 2.05) is 24.3 Å². The van der Waals surface area contributed by atoms with Crippen molar-refractivity contribution in [1.82, 2.24) is 9.21 Å². The van der Waals surface area contributed by atoms with Gasteiger partial charge in [0.15, 0.2) is 0 Å². The lowest BCUT2D eigenvalue weighted by atomic mass is 10.1. The zero-order valence-electron chi connectivity index (χ0n) is 14.2. The van der Waals surface area contributed by atoms with Crippen molar-refractivity contribution < 1.29 is 8.42 Å². The van der Waals surface area contributed by atoms with Gasteiger partial charge in [0.25, 0.3) is 0 Å². The van der Waals surface area contributed by atoms with Crippen molar-refractivity contribution in [3.05, 3.63) is 65.7 Å².